The first-order valence-electron chi connectivity index (χ1n) is 26.8. The van der Waals surface area contributed by atoms with Crippen molar-refractivity contribution in [2.45, 2.75) is 125 Å². The quantitative estimate of drug-likeness (QED) is 0.0534. The lowest BCUT2D eigenvalue weighted by atomic mass is 10.0. The van der Waals surface area contributed by atoms with Gasteiger partial charge in [0.2, 0.25) is 0 Å². The van der Waals surface area contributed by atoms with Crippen molar-refractivity contribution >= 4 is 34.1 Å². The van der Waals surface area contributed by atoms with E-state index in [1.165, 1.54) is 98.4 Å². The van der Waals surface area contributed by atoms with Crippen LogP contribution in [-0.4, -0.2) is 11.6 Å². The van der Waals surface area contributed by atoms with Crippen LogP contribution in [-0.2, 0) is 12.8 Å². The van der Waals surface area contributed by atoms with E-state index in [0.29, 0.717) is 0 Å². The van der Waals surface area contributed by atoms with E-state index in [1.54, 1.807) is 0 Å². The normalized spacial score (nSPS) is 11.2. The third-order valence-electron chi connectivity index (χ3n) is 13.8. The van der Waals surface area contributed by atoms with E-state index >= 15 is 0 Å². The Kier molecular flexibility index (Phi) is 18.3. The number of unbranched alkanes of at least 4 members (excludes halogenated alkanes) is 9. The van der Waals surface area contributed by atoms with Crippen LogP contribution in [0.2, 0.25) is 0 Å². The van der Waals surface area contributed by atoms with Crippen LogP contribution in [0.25, 0.3) is 33.5 Å². The molecular formula is C67H75N3O. The van der Waals surface area contributed by atoms with Crippen LogP contribution in [0.3, 0.4) is 0 Å². The zero-order chi connectivity index (χ0) is 49.2. The van der Waals surface area contributed by atoms with E-state index in [-0.39, 0.29) is 0 Å². The smallest absolute Gasteiger partial charge is 0.127 e. The number of benzene rings is 7. The number of rotatable bonds is 25. The van der Waals surface area contributed by atoms with Crippen molar-refractivity contribution in [2.24, 2.45) is 0 Å². The number of ether oxygens (including phenoxy) is 1. The molecule has 0 unspecified atom stereocenters. The molecule has 71 heavy (non-hydrogen) atoms. The Morgan fingerprint density at radius 3 is 1.24 bits per heavy atom. The molecule has 0 aliphatic heterocycles. The second kappa shape index (κ2) is 25.8. The van der Waals surface area contributed by atoms with E-state index in [4.69, 9.17) is 9.72 Å². The highest BCUT2D eigenvalue weighted by atomic mass is 16.5. The van der Waals surface area contributed by atoms with Gasteiger partial charge in [-0.3, -0.25) is 4.98 Å². The lowest BCUT2D eigenvalue weighted by Crippen LogP contribution is -2.10. The molecule has 364 valence electrons. The van der Waals surface area contributed by atoms with Gasteiger partial charge in [-0.25, -0.2) is 0 Å². The van der Waals surface area contributed by atoms with Crippen LogP contribution in [0.5, 0.6) is 5.75 Å². The summed E-state index contributed by atoms with van der Waals surface area (Å²) in [7, 11) is 0. The monoisotopic (exact) mass is 938 g/mol. The molecule has 0 saturated carbocycles. The van der Waals surface area contributed by atoms with Crippen molar-refractivity contribution in [3.63, 3.8) is 0 Å². The Bertz CT molecular complexity index is 2830. The lowest BCUT2D eigenvalue weighted by Gasteiger charge is -2.27. The van der Waals surface area contributed by atoms with Crippen LogP contribution in [0.15, 0.2) is 182 Å². The SMILES string of the molecule is CCCCCCCCCCOc1cc(C)ccc1-c1ccc(N(c2ccc(CCCC)cc2)c2ccc(-c3ccc(N(c4ccc(CCCC)cc4)c4ccc(-c5cccc(C)n5)cc4)cc3)cc2)cc1. The standard InChI is InChI=1S/C67H75N3O/c1-6-9-12-13-14-15-16-17-49-71-67-50-51(4)23-48-65(67)57-32-44-63(45-33-57)69(59-36-24-53(25-37-59)20-10-7-2)61-40-28-55(29-41-61)56-30-42-62(43-31-56)70(60-38-26-54(27-39-60)21-11-8-3)64-46-34-58(35-47-64)66-22-18-19-52(5)68-66/h18-19,22-48,50H,6-17,20-21,49H2,1-5H3. The fourth-order valence-corrected chi connectivity index (χ4v) is 9.57. The summed E-state index contributed by atoms with van der Waals surface area (Å²) in [6, 6.07) is 66.9. The van der Waals surface area contributed by atoms with Crippen molar-refractivity contribution in [3.8, 4) is 39.3 Å². The fraction of sp³-hybridized carbons (Fsp3) is 0.299. The minimum atomic E-state index is 0.750. The largest absolute Gasteiger partial charge is 0.493 e. The van der Waals surface area contributed by atoms with Gasteiger partial charge < -0.3 is 14.5 Å². The summed E-state index contributed by atoms with van der Waals surface area (Å²) in [5, 5.41) is 0. The molecule has 0 bridgehead atoms. The highest BCUT2D eigenvalue weighted by Gasteiger charge is 2.17. The minimum Gasteiger partial charge on any atom is -0.493 e. The van der Waals surface area contributed by atoms with Gasteiger partial charge >= 0.3 is 0 Å². The number of aryl methyl sites for hydroxylation is 4. The molecule has 0 N–H and O–H groups in total. The summed E-state index contributed by atoms with van der Waals surface area (Å²) in [5.74, 6) is 0.971. The Labute approximate surface area is 426 Å². The topological polar surface area (TPSA) is 28.6 Å². The highest BCUT2D eigenvalue weighted by Crippen LogP contribution is 2.40. The van der Waals surface area contributed by atoms with Gasteiger partial charge in [-0.1, -0.05) is 170 Å². The fourth-order valence-electron chi connectivity index (χ4n) is 9.57. The van der Waals surface area contributed by atoms with Crippen molar-refractivity contribution in [2.75, 3.05) is 16.4 Å². The molecule has 0 atom stereocenters. The molecule has 0 radical (unpaired) electrons. The van der Waals surface area contributed by atoms with E-state index in [2.05, 4.69) is 213 Å². The van der Waals surface area contributed by atoms with Gasteiger partial charge in [-0.2, -0.15) is 0 Å². The first-order valence-corrected chi connectivity index (χ1v) is 26.8. The van der Waals surface area contributed by atoms with Crippen LogP contribution < -0.4 is 14.5 Å². The van der Waals surface area contributed by atoms with Gasteiger partial charge in [0, 0.05) is 50.9 Å². The van der Waals surface area contributed by atoms with Gasteiger partial charge in [-0.15, -0.1) is 0 Å². The lowest BCUT2D eigenvalue weighted by molar-refractivity contribution is 0.305. The van der Waals surface area contributed by atoms with Gasteiger partial charge in [0.15, 0.2) is 0 Å². The Morgan fingerprint density at radius 1 is 0.380 bits per heavy atom. The number of hydrogen-bond donors (Lipinski definition) is 0. The number of nitrogens with zero attached hydrogens (tertiary/aromatic N) is 3. The maximum absolute atomic E-state index is 6.50. The van der Waals surface area contributed by atoms with Crippen molar-refractivity contribution in [3.05, 3.63) is 204 Å². The number of hydrogen-bond acceptors (Lipinski definition) is 4. The first-order chi connectivity index (χ1) is 34.9. The zero-order valence-electron chi connectivity index (χ0n) is 43.2. The summed E-state index contributed by atoms with van der Waals surface area (Å²) in [4.78, 5) is 9.51. The molecule has 1 aromatic heterocycles. The molecule has 0 fully saturated rings. The molecule has 7 aromatic carbocycles. The number of aromatic nitrogens is 1. The van der Waals surface area contributed by atoms with E-state index in [9.17, 15) is 0 Å². The van der Waals surface area contributed by atoms with Crippen molar-refractivity contribution in [1.29, 1.82) is 0 Å². The van der Waals surface area contributed by atoms with Crippen LogP contribution in [0, 0.1) is 13.8 Å². The molecule has 8 rings (SSSR count). The van der Waals surface area contributed by atoms with Crippen LogP contribution in [0.1, 0.15) is 120 Å². The third-order valence-corrected chi connectivity index (χ3v) is 13.8. The van der Waals surface area contributed by atoms with Gasteiger partial charge in [-0.05, 0) is 170 Å². The van der Waals surface area contributed by atoms with E-state index in [1.807, 2.05) is 13.0 Å². The summed E-state index contributed by atoms with van der Waals surface area (Å²) >= 11 is 0. The molecule has 0 spiro atoms. The molecule has 1 heterocycles. The van der Waals surface area contributed by atoms with Crippen molar-refractivity contribution in [1.82, 2.24) is 4.98 Å². The van der Waals surface area contributed by atoms with Crippen molar-refractivity contribution < 1.29 is 4.74 Å². The molecule has 0 amide bonds. The van der Waals surface area contributed by atoms with Crippen LogP contribution in [0.4, 0.5) is 34.1 Å². The van der Waals surface area contributed by atoms with Gasteiger partial charge in [0.05, 0.1) is 12.3 Å². The molecule has 0 aliphatic carbocycles. The average Bonchev–Trinajstić information content (AvgIpc) is 3.41. The summed E-state index contributed by atoms with van der Waals surface area (Å²) in [6.45, 7) is 11.7. The predicted octanol–water partition coefficient (Wildman–Crippen LogP) is 19.8. The summed E-state index contributed by atoms with van der Waals surface area (Å²) < 4.78 is 6.50. The van der Waals surface area contributed by atoms with Crippen LogP contribution >= 0.6 is 0 Å². The second-order valence-corrected chi connectivity index (χ2v) is 19.4. The first kappa shape index (κ1) is 50.5. The molecule has 8 aromatic rings. The Hall–Kier alpha value is -6.91. The predicted molar refractivity (Wildman–Crippen MR) is 305 cm³/mol. The Morgan fingerprint density at radius 2 is 0.789 bits per heavy atom. The van der Waals surface area contributed by atoms with E-state index < -0.39 is 0 Å². The molecular weight excluding hydrogens is 863 g/mol. The van der Waals surface area contributed by atoms with Gasteiger partial charge in [0.1, 0.15) is 5.75 Å². The minimum absolute atomic E-state index is 0.750. The third kappa shape index (κ3) is 13.7. The zero-order valence-corrected chi connectivity index (χ0v) is 43.2. The molecule has 0 saturated heterocycles. The number of anilines is 6. The summed E-state index contributed by atoms with van der Waals surface area (Å²) in [6.07, 6.45) is 17.3. The summed E-state index contributed by atoms with van der Waals surface area (Å²) in [5.41, 5.74) is 18.4. The Balaban J connectivity index is 1.03. The average molecular weight is 938 g/mol. The maximum Gasteiger partial charge on any atom is 0.127 e. The van der Waals surface area contributed by atoms with E-state index in [0.717, 1.165) is 93.8 Å². The second-order valence-electron chi connectivity index (χ2n) is 19.4. The molecule has 0 aliphatic rings. The van der Waals surface area contributed by atoms with Gasteiger partial charge in [0.25, 0.3) is 0 Å². The molecule has 4 nitrogen and oxygen atoms in total. The molecule has 4 heteroatoms. The highest BCUT2D eigenvalue weighted by molar-refractivity contribution is 5.82. The number of pyridine rings is 1. The maximum atomic E-state index is 6.50.